The first-order valence-electron chi connectivity index (χ1n) is 23.1. The standard InChI is InChI=1S/C20H19NO3S.C19H25NO2S.C16H11Cl2NO3S/c22-19-10-6-16(7-11-19)14-15-21-25(23,24)20-12-8-18(9-13-20)17-4-2-1-3-5-17;1-2-5-15-8-11-18(12-9-15)20-23(21,22)19-13-10-16-6-3-4-7-17(16)14-19;17-14-8-12(9-15(18)16(14)20)19-23(21,22)13-6-5-10-3-1-2-4-11(10)7-13/h1-13,21-22H,14-15H2;3-4,6-7,10,13-15,18,20H,2,5,8-9,11-12H2,1H3;1-9,19-20H. The van der Waals surface area contributed by atoms with Crippen LogP contribution in [0.4, 0.5) is 5.69 Å². The third kappa shape index (κ3) is 14.6. The number of rotatable bonds is 14. The Labute approximate surface area is 426 Å². The van der Waals surface area contributed by atoms with Crippen LogP contribution in [-0.4, -0.2) is 48.1 Å². The second-order valence-corrected chi connectivity index (χ2v) is 23.2. The van der Waals surface area contributed by atoms with E-state index < -0.39 is 30.1 Å². The molecule has 0 unspecified atom stereocenters. The summed E-state index contributed by atoms with van der Waals surface area (Å²) in [6.07, 6.45) is 7.23. The molecular formula is C55H55Cl2N3O8S3. The molecule has 370 valence electrons. The van der Waals surface area contributed by atoms with Gasteiger partial charge in [-0.05, 0) is 137 Å². The van der Waals surface area contributed by atoms with Gasteiger partial charge in [0.05, 0.1) is 30.4 Å². The fourth-order valence-corrected chi connectivity index (χ4v) is 12.2. The van der Waals surface area contributed by atoms with Crippen molar-refractivity contribution >= 4 is 80.5 Å². The topological polar surface area (TPSA) is 179 Å². The minimum atomic E-state index is -3.80. The molecule has 9 rings (SSSR count). The quantitative estimate of drug-likeness (QED) is 0.0668. The molecule has 8 aromatic rings. The Balaban J connectivity index is 0.000000157. The fourth-order valence-electron chi connectivity index (χ4n) is 8.31. The molecule has 0 aliphatic heterocycles. The molecule has 1 saturated carbocycles. The van der Waals surface area contributed by atoms with Crippen molar-refractivity contribution in [3.8, 4) is 22.6 Å². The van der Waals surface area contributed by atoms with E-state index >= 15 is 0 Å². The van der Waals surface area contributed by atoms with Crippen molar-refractivity contribution in [1.82, 2.24) is 9.44 Å². The molecule has 71 heavy (non-hydrogen) atoms. The normalized spacial score (nSPS) is 15.0. The molecule has 5 N–H and O–H groups in total. The molecule has 0 aromatic heterocycles. The van der Waals surface area contributed by atoms with E-state index in [4.69, 9.17) is 23.2 Å². The zero-order valence-corrected chi connectivity index (χ0v) is 42.8. The average molecular weight is 1050 g/mol. The van der Waals surface area contributed by atoms with Crippen LogP contribution in [0.25, 0.3) is 32.7 Å². The van der Waals surface area contributed by atoms with E-state index in [0.717, 1.165) is 69.8 Å². The van der Waals surface area contributed by atoms with Crippen LogP contribution in [0.3, 0.4) is 0 Å². The van der Waals surface area contributed by atoms with E-state index in [1.165, 1.54) is 31.0 Å². The number of hydrogen-bond acceptors (Lipinski definition) is 8. The zero-order chi connectivity index (χ0) is 50.6. The maximum absolute atomic E-state index is 12.6. The van der Waals surface area contributed by atoms with Crippen molar-refractivity contribution < 1.29 is 35.5 Å². The average Bonchev–Trinajstić information content (AvgIpc) is 3.37. The van der Waals surface area contributed by atoms with E-state index in [-0.39, 0.29) is 43.1 Å². The maximum Gasteiger partial charge on any atom is 0.261 e. The Hall–Kier alpha value is -5.97. The van der Waals surface area contributed by atoms with Crippen LogP contribution in [0, 0.1) is 5.92 Å². The lowest BCUT2D eigenvalue weighted by Gasteiger charge is -2.28. The monoisotopic (exact) mass is 1050 g/mol. The van der Waals surface area contributed by atoms with Crippen molar-refractivity contribution in [3.05, 3.63) is 192 Å². The first-order chi connectivity index (χ1) is 34.0. The van der Waals surface area contributed by atoms with E-state index in [9.17, 15) is 35.5 Å². The summed E-state index contributed by atoms with van der Waals surface area (Å²) in [4.78, 5) is 0.737. The van der Waals surface area contributed by atoms with Crippen LogP contribution >= 0.6 is 23.2 Å². The number of phenols is 2. The van der Waals surface area contributed by atoms with Gasteiger partial charge in [0.15, 0.2) is 5.75 Å². The van der Waals surface area contributed by atoms with Gasteiger partial charge in [0.25, 0.3) is 10.0 Å². The lowest BCUT2D eigenvalue weighted by atomic mass is 9.84. The third-order valence-electron chi connectivity index (χ3n) is 12.1. The maximum atomic E-state index is 12.6. The summed E-state index contributed by atoms with van der Waals surface area (Å²) < 4.78 is 82.9. The fraction of sp³-hybridized carbons (Fsp3) is 0.200. The van der Waals surface area contributed by atoms with E-state index in [2.05, 4.69) is 21.1 Å². The Morgan fingerprint density at radius 3 is 1.56 bits per heavy atom. The molecule has 0 heterocycles. The molecular weight excluding hydrogens is 998 g/mol. The first-order valence-corrected chi connectivity index (χ1v) is 28.3. The van der Waals surface area contributed by atoms with Gasteiger partial charge in [0.2, 0.25) is 20.0 Å². The Morgan fingerprint density at radius 1 is 0.521 bits per heavy atom. The number of benzene rings is 8. The van der Waals surface area contributed by atoms with Crippen LogP contribution in [0.1, 0.15) is 51.0 Å². The zero-order valence-electron chi connectivity index (χ0n) is 38.9. The predicted molar refractivity (Wildman–Crippen MR) is 287 cm³/mol. The van der Waals surface area contributed by atoms with Crippen molar-refractivity contribution in [2.24, 2.45) is 5.92 Å². The highest BCUT2D eigenvalue weighted by Gasteiger charge is 2.26. The number of phenolic OH excluding ortho intramolecular Hbond substituents is 2. The number of anilines is 1. The van der Waals surface area contributed by atoms with Crippen LogP contribution in [0.2, 0.25) is 10.0 Å². The molecule has 0 amide bonds. The van der Waals surface area contributed by atoms with Gasteiger partial charge >= 0.3 is 0 Å². The van der Waals surface area contributed by atoms with Crippen LogP contribution in [-0.2, 0) is 36.5 Å². The third-order valence-corrected chi connectivity index (χ3v) is 17.1. The molecule has 0 spiro atoms. The van der Waals surface area contributed by atoms with Crippen molar-refractivity contribution in [2.45, 2.75) is 72.6 Å². The molecule has 0 bridgehead atoms. The van der Waals surface area contributed by atoms with E-state index in [1.807, 2.05) is 97.1 Å². The minimum Gasteiger partial charge on any atom is -0.508 e. The summed E-state index contributed by atoms with van der Waals surface area (Å²) in [6, 6.07) is 51.5. The van der Waals surface area contributed by atoms with Gasteiger partial charge in [0, 0.05) is 12.6 Å². The molecule has 8 aromatic carbocycles. The van der Waals surface area contributed by atoms with Gasteiger partial charge in [-0.25, -0.2) is 34.7 Å². The second kappa shape index (κ2) is 24.0. The molecule has 11 nitrogen and oxygen atoms in total. The summed E-state index contributed by atoms with van der Waals surface area (Å²) >= 11 is 11.6. The van der Waals surface area contributed by atoms with Crippen molar-refractivity contribution in [2.75, 3.05) is 11.3 Å². The highest BCUT2D eigenvalue weighted by Crippen LogP contribution is 2.36. The molecule has 0 radical (unpaired) electrons. The number of sulfonamides is 3. The van der Waals surface area contributed by atoms with Gasteiger partial charge in [-0.3, -0.25) is 4.72 Å². The first kappa shape index (κ1) is 52.8. The molecule has 0 saturated heterocycles. The number of halogens is 2. The number of fused-ring (bicyclic) bond motifs is 2. The Kier molecular flexibility index (Phi) is 17.8. The predicted octanol–water partition coefficient (Wildman–Crippen LogP) is 12.7. The molecule has 1 fully saturated rings. The van der Waals surface area contributed by atoms with Crippen molar-refractivity contribution in [1.29, 1.82) is 0 Å². The molecule has 1 aliphatic carbocycles. The Bertz CT molecular complexity index is 3390. The molecule has 16 heteroatoms. The Morgan fingerprint density at radius 2 is 1.01 bits per heavy atom. The lowest BCUT2D eigenvalue weighted by Crippen LogP contribution is -2.37. The number of hydrogen-bond donors (Lipinski definition) is 5. The summed E-state index contributed by atoms with van der Waals surface area (Å²) in [6.45, 7) is 2.52. The van der Waals surface area contributed by atoms with Gasteiger partial charge in [0.1, 0.15) is 5.75 Å². The highest BCUT2D eigenvalue weighted by molar-refractivity contribution is 7.92. The molecule has 1 aliphatic rings. The summed E-state index contributed by atoms with van der Waals surface area (Å²) in [7, 11) is -10.8. The molecule has 0 atom stereocenters. The lowest BCUT2D eigenvalue weighted by molar-refractivity contribution is 0.297. The largest absolute Gasteiger partial charge is 0.508 e. The highest BCUT2D eigenvalue weighted by atomic mass is 35.5. The SMILES string of the molecule is CCCC1CCC(NS(=O)(=O)c2ccc3ccccc3c2)CC1.O=S(=O)(NCCc1ccc(O)cc1)c1ccc(-c2ccccc2)cc1.O=S(=O)(Nc1cc(Cl)c(O)c(Cl)c1)c1ccc2ccccc2c1. The second-order valence-electron chi connectivity index (χ2n) is 17.2. The minimum absolute atomic E-state index is 0.0336. The smallest absolute Gasteiger partial charge is 0.261 e. The van der Waals surface area contributed by atoms with Gasteiger partial charge in [-0.15, -0.1) is 0 Å². The van der Waals surface area contributed by atoms with Crippen LogP contribution < -0.4 is 14.2 Å². The van der Waals surface area contributed by atoms with Crippen LogP contribution in [0.5, 0.6) is 11.5 Å². The van der Waals surface area contributed by atoms with Crippen LogP contribution in [0.15, 0.2) is 191 Å². The summed E-state index contributed by atoms with van der Waals surface area (Å²) in [5.74, 6) is 0.686. The summed E-state index contributed by atoms with van der Waals surface area (Å²) in [5, 5.41) is 22.5. The van der Waals surface area contributed by atoms with E-state index in [1.54, 1.807) is 60.7 Å². The number of aromatic hydroxyl groups is 2. The summed E-state index contributed by atoms with van der Waals surface area (Å²) in [5.41, 5.74) is 3.15. The number of nitrogens with one attached hydrogen (secondary N) is 3. The van der Waals surface area contributed by atoms with Crippen molar-refractivity contribution in [3.63, 3.8) is 0 Å². The van der Waals surface area contributed by atoms with Gasteiger partial charge < -0.3 is 10.2 Å². The van der Waals surface area contributed by atoms with Gasteiger partial charge in [-0.2, -0.15) is 0 Å². The van der Waals surface area contributed by atoms with E-state index in [0.29, 0.717) is 17.9 Å². The van der Waals surface area contributed by atoms with Gasteiger partial charge in [-0.1, -0.05) is 158 Å².